The average Bonchev–Trinajstić information content (AvgIpc) is 2.70. The maximum absolute atomic E-state index is 12.5. The van der Waals surface area contributed by atoms with Crippen LogP contribution in [0, 0.1) is 0 Å². The van der Waals surface area contributed by atoms with Crippen LogP contribution in [-0.2, 0) is 7.05 Å². The van der Waals surface area contributed by atoms with Crippen LogP contribution < -0.4 is 15.7 Å². The van der Waals surface area contributed by atoms with Crippen LogP contribution in [0.5, 0.6) is 5.75 Å². The van der Waals surface area contributed by atoms with E-state index in [9.17, 15) is 9.59 Å². The first kappa shape index (κ1) is 18.3. The van der Waals surface area contributed by atoms with Crippen LogP contribution in [0.2, 0.25) is 0 Å². The van der Waals surface area contributed by atoms with Gasteiger partial charge < -0.3 is 4.74 Å². The van der Waals surface area contributed by atoms with Crippen LogP contribution in [0.1, 0.15) is 29.4 Å². The van der Waals surface area contributed by atoms with Crippen molar-refractivity contribution in [1.29, 1.82) is 0 Å². The quantitative estimate of drug-likeness (QED) is 0.538. The number of aryl methyl sites for hydroxylation is 1. The highest BCUT2D eigenvalue weighted by molar-refractivity contribution is 6.04. The summed E-state index contributed by atoms with van der Waals surface area (Å²) in [6.07, 6.45) is 2.48. The lowest BCUT2D eigenvalue weighted by Crippen LogP contribution is -2.27. The van der Waals surface area contributed by atoms with Gasteiger partial charge in [-0.15, -0.1) is 0 Å². The summed E-state index contributed by atoms with van der Waals surface area (Å²) < 4.78 is 6.67. The molecule has 138 valence electrons. The molecule has 0 aliphatic rings. The fourth-order valence-electron chi connectivity index (χ4n) is 2.56. The van der Waals surface area contributed by atoms with Crippen LogP contribution in [0.3, 0.4) is 0 Å². The summed E-state index contributed by atoms with van der Waals surface area (Å²) in [6.45, 7) is 2.72. The number of hydrogen-bond donors (Lipinski definition) is 1. The van der Waals surface area contributed by atoms with E-state index in [1.807, 2.05) is 31.2 Å². The monoisotopic (exact) mass is 364 g/mol. The van der Waals surface area contributed by atoms with Gasteiger partial charge in [0.15, 0.2) is 5.69 Å². The van der Waals surface area contributed by atoms with Crippen LogP contribution >= 0.6 is 0 Å². The molecule has 7 nitrogen and oxygen atoms in total. The van der Waals surface area contributed by atoms with E-state index in [4.69, 9.17) is 4.74 Å². The molecule has 3 rings (SSSR count). The van der Waals surface area contributed by atoms with Crippen molar-refractivity contribution in [3.8, 4) is 5.75 Å². The third kappa shape index (κ3) is 4.20. The highest BCUT2D eigenvalue weighted by Gasteiger charge is 2.14. The maximum Gasteiger partial charge on any atom is 0.292 e. The molecular formula is C20H20N4O3. The Morgan fingerprint density at radius 2 is 1.89 bits per heavy atom. The molecule has 0 spiro atoms. The number of aromatic nitrogens is 2. The summed E-state index contributed by atoms with van der Waals surface area (Å²) in [5.74, 6) is 0.305. The summed E-state index contributed by atoms with van der Waals surface area (Å²) >= 11 is 0. The van der Waals surface area contributed by atoms with E-state index < -0.39 is 5.91 Å². The first-order valence-electron chi connectivity index (χ1n) is 8.62. The number of amides is 1. The molecule has 0 fully saturated rings. The molecule has 1 aromatic heterocycles. The minimum absolute atomic E-state index is 0.146. The average molecular weight is 364 g/mol. The van der Waals surface area contributed by atoms with Gasteiger partial charge in [0.05, 0.1) is 18.2 Å². The fraction of sp³-hybridized carbons (Fsp3) is 0.200. The van der Waals surface area contributed by atoms with Crippen LogP contribution in [0.4, 0.5) is 0 Å². The SMILES string of the molecule is CCCOc1ccc(/C=N/NC(=O)c2nn(C)c(=O)c3ccccc23)cc1. The lowest BCUT2D eigenvalue weighted by Gasteiger charge is -2.06. The van der Waals surface area contributed by atoms with E-state index in [0.29, 0.717) is 17.4 Å². The topological polar surface area (TPSA) is 85.6 Å². The summed E-state index contributed by atoms with van der Waals surface area (Å²) in [7, 11) is 1.51. The Kier molecular flexibility index (Phi) is 5.61. The molecule has 0 saturated carbocycles. The van der Waals surface area contributed by atoms with E-state index in [1.54, 1.807) is 24.3 Å². The first-order chi connectivity index (χ1) is 13.1. The third-order valence-electron chi connectivity index (χ3n) is 3.90. The second-order valence-corrected chi connectivity index (χ2v) is 5.94. The van der Waals surface area contributed by atoms with Crippen molar-refractivity contribution in [2.24, 2.45) is 12.1 Å². The summed E-state index contributed by atoms with van der Waals surface area (Å²) in [5.41, 5.74) is 3.17. The minimum Gasteiger partial charge on any atom is -0.494 e. The van der Waals surface area contributed by atoms with Gasteiger partial charge in [0.1, 0.15) is 5.75 Å². The van der Waals surface area contributed by atoms with Crippen molar-refractivity contribution in [3.63, 3.8) is 0 Å². The first-order valence-corrected chi connectivity index (χ1v) is 8.62. The smallest absolute Gasteiger partial charge is 0.292 e. The summed E-state index contributed by atoms with van der Waals surface area (Å²) in [5, 5.41) is 8.97. The Bertz CT molecular complexity index is 1040. The molecule has 1 heterocycles. The molecule has 7 heteroatoms. The van der Waals surface area contributed by atoms with E-state index >= 15 is 0 Å². The lowest BCUT2D eigenvalue weighted by molar-refractivity contribution is 0.0950. The summed E-state index contributed by atoms with van der Waals surface area (Å²) in [6, 6.07) is 14.3. The number of fused-ring (bicyclic) bond motifs is 1. The molecule has 27 heavy (non-hydrogen) atoms. The van der Waals surface area contributed by atoms with E-state index in [-0.39, 0.29) is 11.3 Å². The number of carbonyl (C=O) groups is 1. The molecule has 0 saturated heterocycles. The lowest BCUT2D eigenvalue weighted by atomic mass is 10.1. The molecule has 1 N–H and O–H groups in total. The molecule has 0 atom stereocenters. The zero-order chi connectivity index (χ0) is 19.2. The maximum atomic E-state index is 12.5. The fourth-order valence-corrected chi connectivity index (χ4v) is 2.56. The summed E-state index contributed by atoms with van der Waals surface area (Å²) in [4.78, 5) is 24.6. The van der Waals surface area contributed by atoms with Crippen molar-refractivity contribution >= 4 is 22.9 Å². The molecule has 0 aliphatic heterocycles. The normalized spacial score (nSPS) is 11.0. The Labute approximate surface area is 156 Å². The van der Waals surface area contributed by atoms with Crippen molar-refractivity contribution < 1.29 is 9.53 Å². The van der Waals surface area contributed by atoms with Crippen molar-refractivity contribution in [2.45, 2.75) is 13.3 Å². The van der Waals surface area contributed by atoms with Crippen LogP contribution in [0.25, 0.3) is 10.8 Å². The third-order valence-corrected chi connectivity index (χ3v) is 3.90. The van der Waals surface area contributed by atoms with Gasteiger partial charge in [-0.25, -0.2) is 10.1 Å². The number of benzene rings is 2. The number of carbonyl (C=O) groups excluding carboxylic acids is 1. The molecule has 0 unspecified atom stereocenters. The second kappa shape index (κ2) is 8.27. The van der Waals surface area contributed by atoms with Gasteiger partial charge in [0.25, 0.3) is 11.5 Å². The molecule has 0 aliphatic carbocycles. The number of hydrogen-bond acceptors (Lipinski definition) is 5. The molecule has 0 bridgehead atoms. The zero-order valence-corrected chi connectivity index (χ0v) is 15.2. The second-order valence-electron chi connectivity index (χ2n) is 5.94. The molecule has 1 amide bonds. The van der Waals surface area contributed by atoms with Gasteiger partial charge in [0.2, 0.25) is 0 Å². The van der Waals surface area contributed by atoms with Gasteiger partial charge in [-0.2, -0.15) is 10.2 Å². The standard InChI is InChI=1S/C20H20N4O3/c1-3-12-27-15-10-8-14(9-11-15)13-21-22-19(25)18-16-6-4-5-7-17(16)20(26)24(2)23-18/h4-11,13H,3,12H2,1-2H3,(H,22,25)/b21-13+. The van der Waals surface area contributed by atoms with Gasteiger partial charge in [0, 0.05) is 12.4 Å². The molecular weight excluding hydrogens is 344 g/mol. The zero-order valence-electron chi connectivity index (χ0n) is 15.2. The highest BCUT2D eigenvalue weighted by atomic mass is 16.5. The highest BCUT2D eigenvalue weighted by Crippen LogP contribution is 2.13. The Morgan fingerprint density at radius 3 is 2.59 bits per heavy atom. The van der Waals surface area contributed by atoms with Gasteiger partial charge in [-0.05, 0) is 42.3 Å². The number of hydrazone groups is 1. The Hall–Kier alpha value is -3.48. The molecule has 0 radical (unpaired) electrons. The molecule has 3 aromatic rings. The van der Waals surface area contributed by atoms with Crippen LogP contribution in [0.15, 0.2) is 58.4 Å². The number of ether oxygens (including phenoxy) is 1. The van der Waals surface area contributed by atoms with Crippen LogP contribution in [-0.4, -0.2) is 28.5 Å². The number of nitrogens with one attached hydrogen (secondary N) is 1. The minimum atomic E-state index is -0.485. The van der Waals surface area contributed by atoms with E-state index in [2.05, 4.69) is 15.6 Å². The van der Waals surface area contributed by atoms with Crippen molar-refractivity contribution in [3.05, 3.63) is 70.1 Å². The van der Waals surface area contributed by atoms with E-state index in [1.165, 1.54) is 13.3 Å². The Morgan fingerprint density at radius 1 is 1.19 bits per heavy atom. The predicted molar refractivity (Wildman–Crippen MR) is 104 cm³/mol. The van der Waals surface area contributed by atoms with Crippen molar-refractivity contribution in [2.75, 3.05) is 6.61 Å². The Balaban J connectivity index is 1.75. The number of rotatable bonds is 6. The van der Waals surface area contributed by atoms with Gasteiger partial charge in [-0.1, -0.05) is 25.1 Å². The van der Waals surface area contributed by atoms with Gasteiger partial charge in [-0.3, -0.25) is 9.59 Å². The van der Waals surface area contributed by atoms with Crippen molar-refractivity contribution in [1.82, 2.24) is 15.2 Å². The predicted octanol–water partition coefficient (Wildman–Crippen LogP) is 2.49. The van der Waals surface area contributed by atoms with E-state index in [0.717, 1.165) is 22.4 Å². The largest absolute Gasteiger partial charge is 0.494 e. The molecule has 2 aromatic carbocycles. The number of nitrogens with zero attached hydrogens (tertiary/aromatic N) is 3. The van der Waals surface area contributed by atoms with Gasteiger partial charge >= 0.3 is 0 Å².